The van der Waals surface area contributed by atoms with E-state index in [1.807, 2.05) is 40.9 Å². The summed E-state index contributed by atoms with van der Waals surface area (Å²) in [6.07, 6.45) is 3.24. The number of rotatable bonds is 8. The van der Waals surface area contributed by atoms with Gasteiger partial charge >= 0.3 is 0 Å². The van der Waals surface area contributed by atoms with E-state index in [9.17, 15) is 0 Å². The summed E-state index contributed by atoms with van der Waals surface area (Å²) in [5.74, 6) is 1.76. The number of aryl methyl sites for hydroxylation is 2. The molecule has 33 heavy (non-hydrogen) atoms. The van der Waals surface area contributed by atoms with Crippen molar-refractivity contribution in [3.8, 4) is 16.9 Å². The molecule has 5 rings (SSSR count). The molecule has 170 valence electrons. The molecule has 4 aromatic rings. The monoisotopic (exact) mass is 460 g/mol. The molecule has 1 aliphatic heterocycles. The van der Waals surface area contributed by atoms with Crippen LogP contribution >= 0.6 is 12.2 Å². The molecule has 2 aromatic heterocycles. The summed E-state index contributed by atoms with van der Waals surface area (Å²) < 4.78 is 15.6. The van der Waals surface area contributed by atoms with Crippen LogP contribution in [0, 0.1) is 0 Å². The number of para-hydroxylation sites is 1. The summed E-state index contributed by atoms with van der Waals surface area (Å²) in [7, 11) is 1.69. The van der Waals surface area contributed by atoms with Crippen molar-refractivity contribution in [1.82, 2.24) is 19.5 Å². The number of benzene rings is 2. The Kier molecular flexibility index (Phi) is 6.41. The standard InChI is InChI=1S/C26H28N4O2S/c1-31-17-15-27-25(33)24-23(19-10-4-2-5-11-19)21-14-8-9-16-29-22(28-30(24)26(21)29)18-32-20-12-6-3-7-13-20/h2-7,10-13H,8-9,14-18H2,1H3,(H,27,33). The Hall–Kier alpha value is -3.16. The van der Waals surface area contributed by atoms with Crippen molar-refractivity contribution < 1.29 is 9.47 Å². The van der Waals surface area contributed by atoms with E-state index in [0.717, 1.165) is 48.7 Å². The number of nitrogens with one attached hydrogen (secondary N) is 1. The summed E-state index contributed by atoms with van der Waals surface area (Å²) in [6, 6.07) is 20.4. The van der Waals surface area contributed by atoms with E-state index in [0.29, 0.717) is 24.7 Å². The van der Waals surface area contributed by atoms with Gasteiger partial charge in [-0.15, -0.1) is 5.10 Å². The highest BCUT2D eigenvalue weighted by molar-refractivity contribution is 7.80. The number of thiocarbonyl (C=S) groups is 1. The minimum Gasteiger partial charge on any atom is -0.486 e. The third kappa shape index (κ3) is 4.26. The smallest absolute Gasteiger partial charge is 0.169 e. The number of nitrogens with zero attached hydrogens (tertiary/aromatic N) is 3. The number of ether oxygens (including phenoxy) is 2. The van der Waals surface area contributed by atoms with Crippen molar-refractivity contribution >= 4 is 22.9 Å². The predicted octanol–water partition coefficient (Wildman–Crippen LogP) is 4.63. The Balaban J connectivity index is 1.63. The van der Waals surface area contributed by atoms with Gasteiger partial charge in [-0.05, 0) is 37.0 Å². The Morgan fingerprint density at radius 1 is 1.06 bits per heavy atom. The SMILES string of the molecule is COCCNC(=S)c1c(-c2ccccc2)c2c3n(c(COc4ccccc4)nn13)CCCC2. The molecular weight excluding hydrogens is 432 g/mol. The van der Waals surface area contributed by atoms with Gasteiger partial charge in [-0.3, -0.25) is 0 Å². The van der Waals surface area contributed by atoms with Crippen molar-refractivity contribution in [2.24, 2.45) is 0 Å². The molecule has 0 fully saturated rings. The van der Waals surface area contributed by atoms with Gasteiger partial charge in [0.1, 0.15) is 28.7 Å². The number of methoxy groups -OCH3 is 1. The lowest BCUT2D eigenvalue weighted by Gasteiger charge is -2.11. The number of hydrogen-bond acceptors (Lipinski definition) is 4. The molecule has 1 N–H and O–H groups in total. The van der Waals surface area contributed by atoms with Crippen LogP contribution in [0.1, 0.15) is 29.9 Å². The Labute approximate surface area is 199 Å². The normalized spacial score (nSPS) is 13.1. The van der Waals surface area contributed by atoms with Gasteiger partial charge in [0.05, 0.1) is 6.61 Å². The predicted molar refractivity (Wildman–Crippen MR) is 134 cm³/mol. The van der Waals surface area contributed by atoms with Crippen molar-refractivity contribution in [3.63, 3.8) is 0 Å². The third-order valence-electron chi connectivity index (χ3n) is 6.04. The maximum Gasteiger partial charge on any atom is 0.169 e. The van der Waals surface area contributed by atoms with Crippen molar-refractivity contribution in [2.75, 3.05) is 20.3 Å². The van der Waals surface area contributed by atoms with E-state index in [1.54, 1.807) is 7.11 Å². The van der Waals surface area contributed by atoms with Gasteiger partial charge < -0.3 is 19.4 Å². The zero-order chi connectivity index (χ0) is 22.6. The van der Waals surface area contributed by atoms with Crippen LogP contribution in [0.4, 0.5) is 0 Å². The van der Waals surface area contributed by atoms with E-state index in [-0.39, 0.29) is 0 Å². The lowest BCUT2D eigenvalue weighted by molar-refractivity contribution is 0.204. The second kappa shape index (κ2) is 9.77. The maximum atomic E-state index is 6.07. The Morgan fingerprint density at radius 2 is 1.82 bits per heavy atom. The third-order valence-corrected chi connectivity index (χ3v) is 6.38. The van der Waals surface area contributed by atoms with Gasteiger partial charge in [0.25, 0.3) is 0 Å². The summed E-state index contributed by atoms with van der Waals surface area (Å²) in [4.78, 5) is 0.688. The van der Waals surface area contributed by atoms with Crippen LogP contribution in [0.2, 0.25) is 0 Å². The fourth-order valence-corrected chi connectivity index (χ4v) is 4.84. The zero-order valence-electron chi connectivity index (χ0n) is 18.8. The summed E-state index contributed by atoms with van der Waals surface area (Å²) in [5, 5.41) is 8.40. The summed E-state index contributed by atoms with van der Waals surface area (Å²) in [6.45, 7) is 2.57. The van der Waals surface area contributed by atoms with Crippen molar-refractivity contribution in [3.05, 3.63) is 77.7 Å². The second-order valence-electron chi connectivity index (χ2n) is 8.18. The first-order valence-electron chi connectivity index (χ1n) is 11.4. The lowest BCUT2D eigenvalue weighted by atomic mass is 9.98. The first-order chi connectivity index (χ1) is 16.3. The van der Waals surface area contributed by atoms with Crippen molar-refractivity contribution in [1.29, 1.82) is 0 Å². The van der Waals surface area contributed by atoms with Gasteiger partial charge in [0.15, 0.2) is 5.82 Å². The fourth-order valence-electron chi connectivity index (χ4n) is 4.55. The topological polar surface area (TPSA) is 52.7 Å². The molecule has 0 radical (unpaired) electrons. The zero-order valence-corrected chi connectivity index (χ0v) is 19.6. The van der Waals surface area contributed by atoms with Crippen LogP contribution in [0.25, 0.3) is 16.8 Å². The first-order valence-corrected chi connectivity index (χ1v) is 11.8. The molecule has 0 saturated carbocycles. The van der Waals surface area contributed by atoms with E-state index < -0.39 is 0 Å². The van der Waals surface area contributed by atoms with Gasteiger partial charge in [-0.2, -0.15) is 0 Å². The van der Waals surface area contributed by atoms with E-state index >= 15 is 0 Å². The Morgan fingerprint density at radius 3 is 2.58 bits per heavy atom. The molecule has 6 nitrogen and oxygen atoms in total. The van der Waals surface area contributed by atoms with Crippen LogP contribution < -0.4 is 10.1 Å². The van der Waals surface area contributed by atoms with Gasteiger partial charge in [-0.1, -0.05) is 60.7 Å². The lowest BCUT2D eigenvalue weighted by Crippen LogP contribution is -2.27. The van der Waals surface area contributed by atoms with E-state index in [4.69, 9.17) is 26.8 Å². The molecule has 0 saturated heterocycles. The van der Waals surface area contributed by atoms with E-state index in [1.165, 1.54) is 16.7 Å². The highest BCUT2D eigenvalue weighted by Crippen LogP contribution is 2.36. The quantitative estimate of drug-likeness (QED) is 0.307. The average Bonchev–Trinajstić information content (AvgIpc) is 3.26. The van der Waals surface area contributed by atoms with Crippen LogP contribution in [0.3, 0.4) is 0 Å². The molecular formula is C26H28N4O2S. The Bertz CT molecular complexity index is 1250. The van der Waals surface area contributed by atoms with Gasteiger partial charge in [-0.25, -0.2) is 4.52 Å². The average molecular weight is 461 g/mol. The molecule has 0 atom stereocenters. The molecule has 2 aromatic carbocycles. The van der Waals surface area contributed by atoms with Crippen LogP contribution in [-0.2, 0) is 24.3 Å². The van der Waals surface area contributed by atoms with Crippen LogP contribution in [-0.4, -0.2) is 39.4 Å². The molecule has 3 heterocycles. The molecule has 1 aliphatic rings. The van der Waals surface area contributed by atoms with Crippen LogP contribution in [0.15, 0.2) is 60.7 Å². The summed E-state index contributed by atoms with van der Waals surface area (Å²) in [5.41, 5.74) is 5.73. The molecule has 0 unspecified atom stereocenters. The number of hydrogen-bond donors (Lipinski definition) is 1. The molecule has 7 heteroatoms. The number of aromatic nitrogens is 3. The summed E-state index contributed by atoms with van der Waals surface area (Å²) >= 11 is 5.89. The largest absolute Gasteiger partial charge is 0.486 e. The minimum absolute atomic E-state index is 0.412. The second-order valence-corrected chi connectivity index (χ2v) is 8.59. The van der Waals surface area contributed by atoms with E-state index in [2.05, 4.69) is 34.1 Å². The van der Waals surface area contributed by atoms with Gasteiger partial charge in [0.2, 0.25) is 0 Å². The molecule has 0 spiro atoms. The van der Waals surface area contributed by atoms with Crippen LogP contribution in [0.5, 0.6) is 5.75 Å². The van der Waals surface area contributed by atoms with Crippen molar-refractivity contribution in [2.45, 2.75) is 32.4 Å². The maximum absolute atomic E-state index is 6.07. The first kappa shape index (κ1) is 21.7. The molecule has 0 amide bonds. The molecule has 0 bridgehead atoms. The highest BCUT2D eigenvalue weighted by Gasteiger charge is 2.29. The molecule has 0 aliphatic carbocycles. The minimum atomic E-state index is 0.412. The highest BCUT2D eigenvalue weighted by atomic mass is 32.1. The van der Waals surface area contributed by atoms with Gasteiger partial charge in [0, 0.05) is 31.3 Å². The fraction of sp³-hybridized carbons (Fsp3) is 0.308.